The first kappa shape index (κ1) is 19.3. The zero-order valence-corrected chi connectivity index (χ0v) is 14.1. The number of nitrogens with zero attached hydrogens (tertiary/aromatic N) is 2. The van der Waals surface area contributed by atoms with Crippen LogP contribution in [0.5, 0.6) is 0 Å². The van der Waals surface area contributed by atoms with Gasteiger partial charge in [0.15, 0.2) is 9.84 Å². The van der Waals surface area contributed by atoms with Crippen molar-refractivity contribution in [2.24, 2.45) is 5.73 Å². The molecule has 0 saturated carbocycles. The van der Waals surface area contributed by atoms with Crippen LogP contribution in [0.15, 0.2) is 17.0 Å². The summed E-state index contributed by atoms with van der Waals surface area (Å²) in [6, 6.07) is 0.892. The molecule has 0 radical (unpaired) electrons. The predicted octanol–water partition coefficient (Wildman–Crippen LogP) is -1.76. The van der Waals surface area contributed by atoms with Crippen LogP contribution in [0.2, 0.25) is 0 Å². The summed E-state index contributed by atoms with van der Waals surface area (Å²) in [4.78, 5) is 14.5. The maximum absolute atomic E-state index is 11.8. The fourth-order valence-corrected chi connectivity index (χ4v) is 3.16. The molecule has 1 atom stereocenters. The molecular weight excluding hydrogens is 348 g/mol. The van der Waals surface area contributed by atoms with Gasteiger partial charge in [-0.2, -0.15) is 4.31 Å². The van der Waals surface area contributed by atoms with Gasteiger partial charge in [-0.3, -0.25) is 4.79 Å². The normalized spacial score (nSPS) is 13.9. The number of nitrogens with two attached hydrogens (primary N) is 2. The van der Waals surface area contributed by atoms with Crippen LogP contribution in [0, 0.1) is 0 Å². The summed E-state index contributed by atoms with van der Waals surface area (Å²) in [6.45, 7) is -0.841. The van der Waals surface area contributed by atoms with E-state index in [1.165, 1.54) is 6.07 Å². The van der Waals surface area contributed by atoms with E-state index in [1.54, 1.807) is 0 Å². The Morgan fingerprint density at radius 1 is 1.30 bits per heavy atom. The van der Waals surface area contributed by atoms with Crippen molar-refractivity contribution >= 4 is 31.6 Å². The van der Waals surface area contributed by atoms with E-state index >= 15 is 0 Å². The minimum Gasteiger partial charge on any atom is -0.480 e. The summed E-state index contributed by atoms with van der Waals surface area (Å²) in [5.74, 6) is -1.46. The molecule has 23 heavy (non-hydrogen) atoms. The molecule has 0 aliphatic rings. The van der Waals surface area contributed by atoms with Gasteiger partial charge in [0.2, 0.25) is 10.0 Å². The van der Waals surface area contributed by atoms with Crippen molar-refractivity contribution in [2.75, 3.05) is 24.8 Å². The number of carbonyl (C=O) groups is 1. The number of sulfonamides is 1. The van der Waals surface area contributed by atoms with Gasteiger partial charge in [-0.1, -0.05) is 0 Å². The van der Waals surface area contributed by atoms with Crippen LogP contribution in [-0.2, 0) is 31.2 Å². The number of sulfone groups is 1. The second kappa shape index (κ2) is 6.78. The summed E-state index contributed by atoms with van der Waals surface area (Å²) < 4.78 is 47.5. The molecule has 0 aromatic carbocycles. The predicted molar refractivity (Wildman–Crippen MR) is 82.6 cm³/mol. The summed E-state index contributed by atoms with van der Waals surface area (Å²) in [7, 11) is -7.36. The van der Waals surface area contributed by atoms with Gasteiger partial charge in [0.05, 0.1) is 23.4 Å². The Labute approximate surface area is 134 Å². The lowest BCUT2D eigenvalue weighted by Gasteiger charge is -2.21. The number of rotatable bonds is 7. The third-order valence-electron chi connectivity index (χ3n) is 2.82. The van der Waals surface area contributed by atoms with Crippen LogP contribution in [0.25, 0.3) is 0 Å². The summed E-state index contributed by atoms with van der Waals surface area (Å²) in [5.41, 5.74) is 10.9. The second-order valence-electron chi connectivity index (χ2n) is 4.99. The topological polar surface area (TPSA) is 174 Å². The zero-order valence-electron chi connectivity index (χ0n) is 12.5. The van der Waals surface area contributed by atoms with E-state index in [-0.39, 0.29) is 23.0 Å². The number of aliphatic carboxylic acids is 1. The molecule has 0 spiro atoms. The van der Waals surface area contributed by atoms with Crippen molar-refractivity contribution < 1.29 is 26.7 Å². The van der Waals surface area contributed by atoms with Gasteiger partial charge < -0.3 is 16.6 Å². The molecule has 1 rings (SSSR count). The van der Waals surface area contributed by atoms with Crippen LogP contribution in [0.3, 0.4) is 0 Å². The van der Waals surface area contributed by atoms with Crippen LogP contribution in [0.1, 0.15) is 5.69 Å². The third kappa shape index (κ3) is 5.74. The average molecular weight is 366 g/mol. The molecule has 0 saturated heterocycles. The Morgan fingerprint density at radius 3 is 2.30 bits per heavy atom. The lowest BCUT2D eigenvalue weighted by Crippen LogP contribution is -2.44. The molecule has 5 N–H and O–H groups in total. The first-order valence-electron chi connectivity index (χ1n) is 6.20. The maximum Gasteiger partial charge on any atom is 0.321 e. The molecule has 1 aromatic rings. The lowest BCUT2D eigenvalue weighted by atomic mass is 10.3. The highest BCUT2D eigenvalue weighted by Crippen LogP contribution is 2.16. The van der Waals surface area contributed by atoms with E-state index in [0.29, 0.717) is 0 Å². The highest BCUT2D eigenvalue weighted by molar-refractivity contribution is 7.90. The van der Waals surface area contributed by atoms with Crippen LogP contribution in [0.4, 0.5) is 5.82 Å². The largest absolute Gasteiger partial charge is 0.480 e. The number of pyridine rings is 1. The molecule has 0 aliphatic heterocycles. The van der Waals surface area contributed by atoms with Crippen molar-refractivity contribution in [3.05, 3.63) is 17.8 Å². The summed E-state index contributed by atoms with van der Waals surface area (Å²) in [6.07, 6.45) is 1.85. The Bertz CT molecular complexity index is 806. The van der Waals surface area contributed by atoms with Gasteiger partial charge in [0.1, 0.15) is 11.9 Å². The number of hydrogen-bond donors (Lipinski definition) is 3. The molecule has 12 heteroatoms. The number of anilines is 1. The average Bonchev–Trinajstić information content (AvgIpc) is 2.34. The molecule has 0 aliphatic carbocycles. The van der Waals surface area contributed by atoms with Gasteiger partial charge >= 0.3 is 5.97 Å². The number of hydrogen-bond acceptors (Lipinski definition) is 8. The molecule has 1 aromatic heterocycles. The highest BCUT2D eigenvalue weighted by atomic mass is 32.2. The SMILES string of the molecule is CS(=O)(=O)c1cc(N)nc(CN(C[C@H](N)C(=O)O)S(C)(=O)=O)c1. The molecular formula is C11H18N4O6S2. The number of carboxylic acids is 1. The molecule has 0 unspecified atom stereocenters. The Morgan fingerprint density at radius 2 is 1.87 bits per heavy atom. The van der Waals surface area contributed by atoms with Gasteiger partial charge in [-0.05, 0) is 12.1 Å². The quantitative estimate of drug-likeness (QED) is 0.505. The van der Waals surface area contributed by atoms with E-state index in [0.717, 1.165) is 22.9 Å². The standard InChI is InChI=1S/C11H18N4O6S2/c1-22(18,19)8-3-7(14-10(13)4-8)5-15(23(2,20)21)6-9(12)11(16)17/h3-4,9H,5-6,12H2,1-2H3,(H2,13,14)(H,16,17)/t9-/m0/s1. The van der Waals surface area contributed by atoms with Crippen LogP contribution in [-0.4, -0.2) is 62.3 Å². The van der Waals surface area contributed by atoms with Gasteiger partial charge in [0, 0.05) is 12.8 Å². The first-order chi connectivity index (χ1) is 10.3. The Balaban J connectivity index is 3.19. The first-order valence-corrected chi connectivity index (χ1v) is 9.94. The van der Waals surface area contributed by atoms with Gasteiger partial charge in [-0.15, -0.1) is 0 Å². The zero-order chi connectivity index (χ0) is 18.0. The lowest BCUT2D eigenvalue weighted by molar-refractivity contribution is -0.138. The van der Waals surface area contributed by atoms with Crippen molar-refractivity contribution in [1.82, 2.24) is 9.29 Å². The fraction of sp³-hybridized carbons (Fsp3) is 0.455. The Hall–Kier alpha value is -1.76. The molecule has 1 heterocycles. The molecule has 10 nitrogen and oxygen atoms in total. The second-order valence-corrected chi connectivity index (χ2v) is 8.99. The highest BCUT2D eigenvalue weighted by Gasteiger charge is 2.24. The van der Waals surface area contributed by atoms with E-state index < -0.39 is 38.4 Å². The van der Waals surface area contributed by atoms with Crippen molar-refractivity contribution in [3.63, 3.8) is 0 Å². The summed E-state index contributed by atoms with van der Waals surface area (Å²) in [5, 5.41) is 8.80. The molecule has 0 bridgehead atoms. The fourth-order valence-electron chi connectivity index (χ4n) is 1.67. The van der Waals surface area contributed by atoms with Crippen molar-refractivity contribution in [1.29, 1.82) is 0 Å². The smallest absolute Gasteiger partial charge is 0.321 e. The Kier molecular flexibility index (Phi) is 5.69. The van der Waals surface area contributed by atoms with Crippen LogP contribution >= 0.6 is 0 Å². The minimum absolute atomic E-state index is 0.0634. The summed E-state index contributed by atoms with van der Waals surface area (Å²) >= 11 is 0. The molecule has 0 amide bonds. The third-order valence-corrected chi connectivity index (χ3v) is 5.13. The van der Waals surface area contributed by atoms with Gasteiger partial charge in [-0.25, -0.2) is 21.8 Å². The molecule has 0 fully saturated rings. The van der Waals surface area contributed by atoms with E-state index in [1.807, 2.05) is 0 Å². The monoisotopic (exact) mass is 366 g/mol. The van der Waals surface area contributed by atoms with Crippen LogP contribution < -0.4 is 11.5 Å². The number of nitrogen functional groups attached to an aromatic ring is 1. The van der Waals surface area contributed by atoms with Crippen molar-refractivity contribution in [3.8, 4) is 0 Å². The van der Waals surface area contributed by atoms with E-state index in [4.69, 9.17) is 16.6 Å². The number of aromatic nitrogens is 1. The van der Waals surface area contributed by atoms with E-state index in [9.17, 15) is 21.6 Å². The van der Waals surface area contributed by atoms with E-state index in [2.05, 4.69) is 4.98 Å². The number of carboxylic acid groups (broad SMARTS) is 1. The van der Waals surface area contributed by atoms with Gasteiger partial charge in [0.25, 0.3) is 0 Å². The van der Waals surface area contributed by atoms with Crippen molar-refractivity contribution in [2.45, 2.75) is 17.5 Å². The molecule has 130 valence electrons. The minimum atomic E-state index is -3.79. The maximum atomic E-state index is 11.8.